The normalized spacial score (nSPS) is 9.27. The zero-order valence-electron chi connectivity index (χ0n) is 7.47. The molecule has 0 unspecified atom stereocenters. The average Bonchev–Trinajstić information content (AvgIpc) is 2.03. The predicted octanol–water partition coefficient (Wildman–Crippen LogP) is 1.82. The van der Waals surface area contributed by atoms with E-state index in [0.29, 0.717) is 6.42 Å². The predicted molar refractivity (Wildman–Crippen MR) is 47.4 cm³/mol. The molecule has 0 saturated heterocycles. The molecule has 0 fully saturated rings. The van der Waals surface area contributed by atoms with Crippen molar-refractivity contribution in [2.75, 3.05) is 13.1 Å². The first-order valence-electron chi connectivity index (χ1n) is 4.14. The largest absolute Gasteiger partial charge is 0.343 e. The van der Waals surface area contributed by atoms with E-state index in [1.165, 1.54) is 0 Å². The number of carbonyl (C=O) groups is 1. The second-order valence-corrected chi connectivity index (χ2v) is 2.39. The first-order valence-corrected chi connectivity index (χ1v) is 4.14. The maximum Gasteiger partial charge on any atom is 0.222 e. The minimum atomic E-state index is 0.231. The maximum atomic E-state index is 11.2. The Hall–Kier alpha value is -0.790. The lowest BCUT2D eigenvalue weighted by atomic mass is 10.3. The molecule has 0 spiro atoms. The highest BCUT2D eigenvalue weighted by Gasteiger charge is 2.06. The molecule has 0 aromatic carbocycles. The Kier molecular flexibility index (Phi) is 5.53. The third kappa shape index (κ3) is 3.81. The van der Waals surface area contributed by atoms with E-state index in [9.17, 15) is 4.79 Å². The topological polar surface area (TPSA) is 20.3 Å². The van der Waals surface area contributed by atoms with Crippen LogP contribution in [0.1, 0.15) is 26.7 Å². The highest BCUT2D eigenvalue weighted by molar-refractivity contribution is 5.76. The van der Waals surface area contributed by atoms with Gasteiger partial charge in [0, 0.05) is 19.5 Å². The molecule has 2 nitrogen and oxygen atoms in total. The molecule has 2 heteroatoms. The lowest BCUT2D eigenvalue weighted by Crippen LogP contribution is -2.29. The van der Waals surface area contributed by atoms with E-state index >= 15 is 0 Å². The van der Waals surface area contributed by atoms with Crippen molar-refractivity contribution in [3.63, 3.8) is 0 Å². The van der Waals surface area contributed by atoms with E-state index in [1.807, 2.05) is 18.7 Å². The van der Waals surface area contributed by atoms with E-state index in [1.54, 1.807) is 6.08 Å². The second kappa shape index (κ2) is 5.96. The van der Waals surface area contributed by atoms with Gasteiger partial charge < -0.3 is 4.90 Å². The van der Waals surface area contributed by atoms with Gasteiger partial charge in [-0.3, -0.25) is 4.79 Å². The van der Waals surface area contributed by atoms with Crippen LogP contribution in [-0.4, -0.2) is 23.9 Å². The number of allylic oxidation sites excluding steroid dienone is 1. The molecule has 0 atom stereocenters. The van der Waals surface area contributed by atoms with Gasteiger partial charge in [-0.2, -0.15) is 0 Å². The fourth-order valence-electron chi connectivity index (χ4n) is 0.960. The van der Waals surface area contributed by atoms with Crippen molar-refractivity contribution in [1.29, 1.82) is 0 Å². The lowest BCUT2D eigenvalue weighted by molar-refractivity contribution is -0.130. The van der Waals surface area contributed by atoms with Gasteiger partial charge >= 0.3 is 0 Å². The molecule has 1 amide bonds. The number of hydrogen-bond acceptors (Lipinski definition) is 1. The number of carbonyl (C=O) groups excluding carboxylic acids is 1. The molecule has 0 heterocycles. The zero-order chi connectivity index (χ0) is 8.69. The fraction of sp³-hybridized carbons (Fsp3) is 0.667. The van der Waals surface area contributed by atoms with Gasteiger partial charge in [-0.15, -0.1) is 6.58 Å². The third-order valence-electron chi connectivity index (χ3n) is 1.68. The molecule has 0 aromatic rings. The molecule has 0 aliphatic heterocycles. The van der Waals surface area contributed by atoms with Crippen molar-refractivity contribution >= 4 is 5.91 Å². The minimum absolute atomic E-state index is 0.231. The van der Waals surface area contributed by atoms with Crippen molar-refractivity contribution in [2.24, 2.45) is 0 Å². The molecule has 0 aliphatic rings. The Morgan fingerprint density at radius 2 is 2.00 bits per heavy atom. The first kappa shape index (κ1) is 10.2. The van der Waals surface area contributed by atoms with Gasteiger partial charge in [0.15, 0.2) is 0 Å². The van der Waals surface area contributed by atoms with Crippen LogP contribution in [-0.2, 0) is 4.79 Å². The van der Waals surface area contributed by atoms with Crippen LogP contribution in [0.4, 0.5) is 0 Å². The van der Waals surface area contributed by atoms with Gasteiger partial charge in [-0.25, -0.2) is 0 Å². The van der Waals surface area contributed by atoms with Gasteiger partial charge in [0.1, 0.15) is 0 Å². The summed E-state index contributed by atoms with van der Waals surface area (Å²) in [5, 5.41) is 0. The summed E-state index contributed by atoms with van der Waals surface area (Å²) in [7, 11) is 0. The Labute approximate surface area is 68.9 Å². The van der Waals surface area contributed by atoms with E-state index in [2.05, 4.69) is 6.58 Å². The molecule has 11 heavy (non-hydrogen) atoms. The standard InChI is InChI=1S/C9H17NO/c1-4-7-8-9(11)10(5-2)6-3/h4H,1,5-8H2,2-3H3. The van der Waals surface area contributed by atoms with Crippen molar-refractivity contribution in [3.05, 3.63) is 12.7 Å². The quantitative estimate of drug-likeness (QED) is 0.554. The van der Waals surface area contributed by atoms with Crippen LogP contribution >= 0.6 is 0 Å². The highest BCUT2D eigenvalue weighted by atomic mass is 16.2. The van der Waals surface area contributed by atoms with Crippen LogP contribution in [0.3, 0.4) is 0 Å². The molecule has 0 aromatic heterocycles. The minimum Gasteiger partial charge on any atom is -0.343 e. The van der Waals surface area contributed by atoms with Gasteiger partial charge in [-0.05, 0) is 20.3 Å². The summed E-state index contributed by atoms with van der Waals surface area (Å²) in [4.78, 5) is 13.1. The maximum absolute atomic E-state index is 11.2. The fourth-order valence-corrected chi connectivity index (χ4v) is 0.960. The van der Waals surface area contributed by atoms with Crippen molar-refractivity contribution in [2.45, 2.75) is 26.7 Å². The first-order chi connectivity index (χ1) is 5.26. The van der Waals surface area contributed by atoms with Crippen molar-refractivity contribution < 1.29 is 4.79 Å². The number of hydrogen-bond donors (Lipinski definition) is 0. The monoisotopic (exact) mass is 155 g/mol. The van der Waals surface area contributed by atoms with E-state index in [4.69, 9.17) is 0 Å². The van der Waals surface area contributed by atoms with Crippen LogP contribution in [0, 0.1) is 0 Å². The van der Waals surface area contributed by atoms with Crippen LogP contribution in [0.25, 0.3) is 0 Å². The Morgan fingerprint density at radius 1 is 1.45 bits per heavy atom. The molecule has 0 radical (unpaired) electrons. The molecule has 0 bridgehead atoms. The molecule has 0 aliphatic carbocycles. The van der Waals surface area contributed by atoms with Crippen LogP contribution < -0.4 is 0 Å². The summed E-state index contributed by atoms with van der Waals surface area (Å²) in [5.41, 5.74) is 0. The van der Waals surface area contributed by atoms with Gasteiger partial charge in [0.05, 0.1) is 0 Å². The second-order valence-electron chi connectivity index (χ2n) is 2.39. The number of nitrogens with zero attached hydrogens (tertiary/aromatic N) is 1. The summed E-state index contributed by atoms with van der Waals surface area (Å²) < 4.78 is 0. The SMILES string of the molecule is C=CCCC(=O)N(CC)CC. The summed E-state index contributed by atoms with van der Waals surface area (Å²) in [6.45, 7) is 9.19. The van der Waals surface area contributed by atoms with Crippen LogP contribution in [0.5, 0.6) is 0 Å². The van der Waals surface area contributed by atoms with Crippen LogP contribution in [0.2, 0.25) is 0 Å². The van der Waals surface area contributed by atoms with Gasteiger partial charge in [0.25, 0.3) is 0 Å². The zero-order valence-corrected chi connectivity index (χ0v) is 7.47. The van der Waals surface area contributed by atoms with Gasteiger partial charge in [0.2, 0.25) is 5.91 Å². The Morgan fingerprint density at radius 3 is 2.36 bits per heavy atom. The van der Waals surface area contributed by atoms with Crippen molar-refractivity contribution in [1.82, 2.24) is 4.90 Å². The molecule has 0 rings (SSSR count). The molecular weight excluding hydrogens is 138 g/mol. The number of amides is 1. The molecular formula is C9H17NO. The lowest BCUT2D eigenvalue weighted by Gasteiger charge is -2.17. The molecule has 64 valence electrons. The van der Waals surface area contributed by atoms with E-state index in [-0.39, 0.29) is 5.91 Å². The molecule has 0 saturated carbocycles. The van der Waals surface area contributed by atoms with Crippen molar-refractivity contribution in [3.8, 4) is 0 Å². The highest BCUT2D eigenvalue weighted by Crippen LogP contribution is 1.97. The summed E-state index contributed by atoms with van der Waals surface area (Å²) >= 11 is 0. The summed E-state index contributed by atoms with van der Waals surface area (Å²) in [6.07, 6.45) is 3.17. The Balaban J connectivity index is 3.69. The average molecular weight is 155 g/mol. The molecule has 0 N–H and O–H groups in total. The summed E-state index contributed by atoms with van der Waals surface area (Å²) in [5.74, 6) is 0.231. The third-order valence-corrected chi connectivity index (χ3v) is 1.68. The smallest absolute Gasteiger partial charge is 0.222 e. The van der Waals surface area contributed by atoms with Gasteiger partial charge in [-0.1, -0.05) is 6.08 Å². The number of rotatable bonds is 5. The van der Waals surface area contributed by atoms with Crippen LogP contribution in [0.15, 0.2) is 12.7 Å². The van der Waals surface area contributed by atoms with E-state index in [0.717, 1.165) is 19.5 Å². The summed E-state index contributed by atoms with van der Waals surface area (Å²) in [6, 6.07) is 0. The van der Waals surface area contributed by atoms with E-state index < -0.39 is 0 Å². The Bertz CT molecular complexity index is 128.